The normalized spacial score (nSPS) is 16.5. The second-order valence-corrected chi connectivity index (χ2v) is 7.91. The molecule has 1 N–H and O–H groups in total. The molecule has 3 heterocycles. The van der Waals surface area contributed by atoms with Gasteiger partial charge in [0.15, 0.2) is 6.61 Å². The Morgan fingerprint density at radius 3 is 2.76 bits per heavy atom. The van der Waals surface area contributed by atoms with E-state index in [0.29, 0.717) is 6.54 Å². The smallest absolute Gasteiger partial charge is 0.260 e. The van der Waals surface area contributed by atoms with Gasteiger partial charge in [-0.2, -0.15) is 0 Å². The summed E-state index contributed by atoms with van der Waals surface area (Å²) in [6.07, 6.45) is 7.81. The Morgan fingerprint density at radius 1 is 1.03 bits per heavy atom. The van der Waals surface area contributed by atoms with Gasteiger partial charge in [0.25, 0.3) is 5.91 Å². The average molecular weight is 398 g/mol. The predicted molar refractivity (Wildman–Crippen MR) is 111 cm³/mol. The molecule has 0 aliphatic carbocycles. The van der Waals surface area contributed by atoms with E-state index in [4.69, 9.17) is 4.74 Å². The topological polar surface area (TPSA) is 72.3 Å². The molecule has 29 heavy (non-hydrogen) atoms. The first-order valence-corrected chi connectivity index (χ1v) is 10.9. The molecule has 7 nitrogen and oxygen atoms in total. The third-order valence-electron chi connectivity index (χ3n) is 5.81. The van der Waals surface area contributed by atoms with Crippen LogP contribution in [0.3, 0.4) is 0 Å². The second kappa shape index (κ2) is 9.87. The highest BCUT2D eigenvalue weighted by Gasteiger charge is 2.18. The Balaban J connectivity index is 1.26. The molecule has 156 valence electrons. The van der Waals surface area contributed by atoms with E-state index >= 15 is 0 Å². The molecule has 1 saturated heterocycles. The van der Waals surface area contributed by atoms with Crippen LogP contribution >= 0.6 is 0 Å². The van der Waals surface area contributed by atoms with Gasteiger partial charge in [-0.05, 0) is 31.7 Å². The summed E-state index contributed by atoms with van der Waals surface area (Å²) in [7, 11) is 0. The lowest BCUT2D eigenvalue weighted by atomic mass is 10.2. The van der Waals surface area contributed by atoms with Gasteiger partial charge in [-0.3, -0.25) is 4.79 Å². The summed E-state index contributed by atoms with van der Waals surface area (Å²) in [5.74, 6) is 3.08. The van der Waals surface area contributed by atoms with Gasteiger partial charge in [0.2, 0.25) is 0 Å². The van der Waals surface area contributed by atoms with Crippen molar-refractivity contribution in [3.05, 3.63) is 41.5 Å². The van der Waals surface area contributed by atoms with E-state index in [9.17, 15) is 4.79 Å². The number of nitrogens with one attached hydrogen (secondary N) is 1. The van der Waals surface area contributed by atoms with E-state index in [2.05, 4.69) is 20.1 Å². The first-order chi connectivity index (χ1) is 14.3. The lowest BCUT2D eigenvalue weighted by Gasteiger charge is -2.17. The van der Waals surface area contributed by atoms with Crippen LogP contribution in [0.5, 0.6) is 5.75 Å². The number of benzene rings is 1. The Kier molecular flexibility index (Phi) is 6.77. The van der Waals surface area contributed by atoms with Gasteiger partial charge < -0.3 is 19.5 Å². The maximum Gasteiger partial charge on any atom is 0.260 e. The number of para-hydroxylation sites is 1. The second-order valence-electron chi connectivity index (χ2n) is 7.91. The molecule has 1 amide bonds. The molecule has 4 rings (SSSR count). The van der Waals surface area contributed by atoms with Crippen LogP contribution in [0.1, 0.15) is 49.3 Å². The van der Waals surface area contributed by atoms with Crippen molar-refractivity contribution in [2.45, 2.75) is 58.0 Å². The number of hydrogen-bond donors (Lipinski definition) is 1. The van der Waals surface area contributed by atoms with Crippen molar-refractivity contribution in [3.8, 4) is 5.75 Å². The Labute approximate surface area is 172 Å². The zero-order valence-corrected chi connectivity index (χ0v) is 17.1. The lowest BCUT2D eigenvalue weighted by molar-refractivity contribution is -0.132. The number of aromatic nitrogens is 3. The molecule has 1 aromatic carbocycles. The van der Waals surface area contributed by atoms with Crippen LogP contribution in [0.2, 0.25) is 0 Å². The van der Waals surface area contributed by atoms with Crippen LogP contribution in [0.25, 0.3) is 0 Å². The summed E-state index contributed by atoms with van der Waals surface area (Å²) in [6.45, 7) is 4.41. The standard InChI is InChI=1S/C22H31N5O2/c28-22(26-13-6-7-14-26)17-29-19-9-4-3-8-18(19)16-23-12-11-21-25-24-20-10-2-1-5-15-27(20)21/h3-4,8-9,23H,1-2,5-7,10-17H2. The zero-order chi connectivity index (χ0) is 19.9. The molecule has 0 spiro atoms. The van der Waals surface area contributed by atoms with Gasteiger partial charge in [-0.1, -0.05) is 24.6 Å². The van der Waals surface area contributed by atoms with Crippen molar-refractivity contribution in [3.63, 3.8) is 0 Å². The minimum Gasteiger partial charge on any atom is -0.483 e. The molecule has 1 fully saturated rings. The molecule has 0 radical (unpaired) electrons. The quantitative estimate of drug-likeness (QED) is 0.692. The van der Waals surface area contributed by atoms with E-state index in [1.165, 1.54) is 19.3 Å². The van der Waals surface area contributed by atoms with Crippen LogP contribution < -0.4 is 10.1 Å². The summed E-state index contributed by atoms with van der Waals surface area (Å²) in [5, 5.41) is 12.3. The number of ether oxygens (including phenoxy) is 1. The zero-order valence-electron chi connectivity index (χ0n) is 17.1. The lowest BCUT2D eigenvalue weighted by Crippen LogP contribution is -2.32. The summed E-state index contributed by atoms with van der Waals surface area (Å²) >= 11 is 0. The maximum absolute atomic E-state index is 12.2. The third kappa shape index (κ3) is 5.15. The Morgan fingerprint density at radius 2 is 1.86 bits per heavy atom. The highest BCUT2D eigenvalue weighted by atomic mass is 16.5. The highest BCUT2D eigenvalue weighted by Crippen LogP contribution is 2.19. The number of likely N-dealkylation sites (tertiary alicyclic amines) is 1. The van der Waals surface area contributed by atoms with Gasteiger partial charge in [0.05, 0.1) is 0 Å². The van der Waals surface area contributed by atoms with Crippen LogP contribution in [0.15, 0.2) is 24.3 Å². The van der Waals surface area contributed by atoms with E-state index in [1.807, 2.05) is 29.2 Å². The minimum absolute atomic E-state index is 0.0813. The van der Waals surface area contributed by atoms with Crippen molar-refractivity contribution < 1.29 is 9.53 Å². The molecule has 0 bridgehead atoms. The molecule has 0 unspecified atom stereocenters. The first-order valence-electron chi connectivity index (χ1n) is 10.9. The number of amides is 1. The molecule has 2 aliphatic rings. The van der Waals surface area contributed by atoms with Crippen molar-refractivity contribution >= 4 is 5.91 Å². The molecule has 0 atom stereocenters. The number of nitrogens with zero attached hydrogens (tertiary/aromatic N) is 4. The molecule has 0 saturated carbocycles. The SMILES string of the molecule is O=C(COc1ccccc1CNCCc1nnc2n1CCCCC2)N1CCCC1. The van der Waals surface area contributed by atoms with Gasteiger partial charge in [0, 0.05) is 51.1 Å². The number of aryl methyl sites for hydroxylation is 1. The summed E-state index contributed by atoms with van der Waals surface area (Å²) in [5.41, 5.74) is 1.07. The van der Waals surface area contributed by atoms with Gasteiger partial charge in [-0.15, -0.1) is 10.2 Å². The molecule has 1 aromatic heterocycles. The monoisotopic (exact) mass is 397 g/mol. The summed E-state index contributed by atoms with van der Waals surface area (Å²) in [4.78, 5) is 14.1. The fourth-order valence-electron chi connectivity index (χ4n) is 4.14. The van der Waals surface area contributed by atoms with Gasteiger partial charge in [-0.25, -0.2) is 0 Å². The highest BCUT2D eigenvalue weighted by molar-refractivity contribution is 5.78. The summed E-state index contributed by atoms with van der Waals surface area (Å²) < 4.78 is 8.15. The molecule has 2 aliphatic heterocycles. The van der Waals surface area contributed by atoms with Crippen LogP contribution in [-0.4, -0.2) is 51.8 Å². The molecule has 2 aromatic rings. The third-order valence-corrected chi connectivity index (χ3v) is 5.81. The number of hydrogen-bond acceptors (Lipinski definition) is 5. The van der Waals surface area contributed by atoms with Crippen molar-refractivity contribution in [1.82, 2.24) is 25.0 Å². The fourth-order valence-corrected chi connectivity index (χ4v) is 4.14. The largest absolute Gasteiger partial charge is 0.483 e. The average Bonchev–Trinajstić information content (AvgIpc) is 3.35. The Bertz CT molecular complexity index is 813. The van der Waals surface area contributed by atoms with E-state index in [1.54, 1.807) is 0 Å². The van der Waals surface area contributed by atoms with Crippen LogP contribution in [0, 0.1) is 0 Å². The molecule has 7 heteroatoms. The number of carbonyl (C=O) groups is 1. The number of carbonyl (C=O) groups excluding carboxylic acids is 1. The minimum atomic E-state index is 0.0813. The van der Waals surface area contributed by atoms with Crippen molar-refractivity contribution in [2.75, 3.05) is 26.2 Å². The van der Waals surface area contributed by atoms with Crippen LogP contribution in [-0.2, 0) is 30.7 Å². The number of rotatable bonds is 8. The van der Waals surface area contributed by atoms with Gasteiger partial charge in [0.1, 0.15) is 17.4 Å². The van der Waals surface area contributed by atoms with Crippen molar-refractivity contribution in [1.29, 1.82) is 0 Å². The fraction of sp³-hybridized carbons (Fsp3) is 0.591. The van der Waals surface area contributed by atoms with E-state index in [0.717, 1.165) is 74.8 Å². The van der Waals surface area contributed by atoms with E-state index < -0.39 is 0 Å². The van der Waals surface area contributed by atoms with E-state index in [-0.39, 0.29) is 12.5 Å². The number of fused-ring (bicyclic) bond motifs is 1. The first kappa shape index (κ1) is 19.9. The van der Waals surface area contributed by atoms with Crippen molar-refractivity contribution in [2.24, 2.45) is 0 Å². The maximum atomic E-state index is 12.2. The van der Waals surface area contributed by atoms with Crippen LogP contribution in [0.4, 0.5) is 0 Å². The van der Waals surface area contributed by atoms with Gasteiger partial charge >= 0.3 is 0 Å². The predicted octanol–water partition coefficient (Wildman–Crippen LogP) is 2.34. The summed E-state index contributed by atoms with van der Waals surface area (Å²) in [6, 6.07) is 7.94. The Hall–Kier alpha value is -2.41. The molecular weight excluding hydrogens is 366 g/mol. The molecular formula is C22H31N5O2.